The number of hydrogen-bond acceptors (Lipinski definition) is 10. The number of alkyl halides is 8. The van der Waals surface area contributed by atoms with Gasteiger partial charge < -0.3 is 23.7 Å². The first-order chi connectivity index (χ1) is 25.9. The van der Waals surface area contributed by atoms with E-state index >= 15 is 0 Å². The van der Waals surface area contributed by atoms with Crippen LogP contribution in [0.3, 0.4) is 0 Å². The van der Waals surface area contributed by atoms with E-state index in [1.165, 1.54) is 27.7 Å². The lowest BCUT2D eigenvalue weighted by molar-refractivity contribution is -0.206. The second-order valence-electron chi connectivity index (χ2n) is 12.2. The first-order valence-electron chi connectivity index (χ1n) is 15.7. The standard InChI is InChI=1S/C11H8F4O2.C9H12F4O2.C9H12F2O4.C7H10F2O2/c1-4(2)11(16)17-10-8(14)6(12)5(3)7(13)9(10)15;1-6(2)7(14)15-5-4-9(12,13)8(3,10)11;1-6(2)8(13)14-4-7(12)15-5-9(3,10)11;1-5(2)6(10)11-4-7(3,8)9/h1H2,2-3H3;2*1,4-5H2,2-3H3;1,4H2,2-3H3. The Morgan fingerprint density at radius 3 is 1.22 bits per heavy atom. The van der Waals surface area contributed by atoms with Gasteiger partial charge in [0.25, 0.3) is 11.8 Å². The number of halogens is 12. The first-order valence-corrected chi connectivity index (χ1v) is 15.7. The molecule has 0 saturated heterocycles. The molecule has 0 aliphatic heterocycles. The van der Waals surface area contributed by atoms with Crippen LogP contribution in [0.15, 0.2) is 48.6 Å². The van der Waals surface area contributed by atoms with E-state index in [9.17, 15) is 76.7 Å². The predicted molar refractivity (Wildman–Crippen MR) is 181 cm³/mol. The quantitative estimate of drug-likeness (QED) is 0.0421. The van der Waals surface area contributed by atoms with Crippen molar-refractivity contribution in [3.63, 3.8) is 0 Å². The minimum atomic E-state index is -4.18. The highest BCUT2D eigenvalue weighted by atomic mass is 19.3. The highest BCUT2D eigenvalue weighted by molar-refractivity contribution is 5.89. The van der Waals surface area contributed by atoms with Crippen LogP contribution in [0.1, 0.15) is 60.5 Å². The van der Waals surface area contributed by atoms with E-state index in [1.807, 2.05) is 0 Å². The Morgan fingerprint density at radius 2 is 0.879 bits per heavy atom. The van der Waals surface area contributed by atoms with E-state index in [-0.39, 0.29) is 29.2 Å². The normalized spacial score (nSPS) is 11.0. The largest absolute Gasteiger partial charge is 0.462 e. The van der Waals surface area contributed by atoms with Gasteiger partial charge in [-0.3, -0.25) is 0 Å². The zero-order valence-electron chi connectivity index (χ0n) is 32.5. The summed E-state index contributed by atoms with van der Waals surface area (Å²) in [7, 11) is 0. The first kappa shape index (κ1) is 57.0. The number of carbonyl (C=O) groups excluding carboxylic acids is 5. The number of esters is 5. The van der Waals surface area contributed by atoms with Crippen molar-refractivity contribution in [1.29, 1.82) is 0 Å². The molecule has 0 amide bonds. The minimum Gasteiger partial charge on any atom is -0.462 e. The Kier molecular flexibility index (Phi) is 24.0. The molecule has 22 heteroatoms. The molecule has 0 N–H and O–H groups in total. The zero-order valence-corrected chi connectivity index (χ0v) is 32.5. The fourth-order valence-electron chi connectivity index (χ4n) is 2.42. The van der Waals surface area contributed by atoms with Gasteiger partial charge in [-0.25, -0.2) is 59.1 Å². The molecule has 330 valence electrons. The van der Waals surface area contributed by atoms with Crippen LogP contribution in [0, 0.1) is 30.2 Å². The molecule has 0 atom stereocenters. The molecule has 0 spiro atoms. The second-order valence-corrected chi connectivity index (χ2v) is 12.2. The van der Waals surface area contributed by atoms with Gasteiger partial charge in [-0.15, -0.1) is 0 Å². The van der Waals surface area contributed by atoms with Gasteiger partial charge in [0.2, 0.25) is 17.4 Å². The average molecular weight is 863 g/mol. The Morgan fingerprint density at radius 1 is 0.534 bits per heavy atom. The fourth-order valence-corrected chi connectivity index (χ4v) is 2.42. The minimum absolute atomic E-state index is 0.0292. The van der Waals surface area contributed by atoms with Crippen molar-refractivity contribution >= 4 is 29.8 Å². The third-order valence-corrected chi connectivity index (χ3v) is 5.59. The van der Waals surface area contributed by atoms with Crippen LogP contribution in [0.2, 0.25) is 0 Å². The molecule has 0 heterocycles. The topological polar surface area (TPSA) is 132 Å². The van der Waals surface area contributed by atoms with E-state index in [4.69, 9.17) is 0 Å². The summed E-state index contributed by atoms with van der Waals surface area (Å²) in [5, 5.41) is 0. The van der Waals surface area contributed by atoms with E-state index in [0.29, 0.717) is 13.8 Å². The smallest absolute Gasteiger partial charge is 0.344 e. The molecule has 10 nitrogen and oxygen atoms in total. The van der Waals surface area contributed by atoms with Crippen molar-refractivity contribution < 1.29 is 100 Å². The van der Waals surface area contributed by atoms with Gasteiger partial charge in [0.1, 0.15) is 0 Å². The summed E-state index contributed by atoms with van der Waals surface area (Å²) in [5.41, 5.74) is -0.722. The summed E-state index contributed by atoms with van der Waals surface area (Å²) in [4.78, 5) is 53.8. The molecule has 0 aromatic heterocycles. The van der Waals surface area contributed by atoms with E-state index in [1.54, 1.807) is 0 Å². The van der Waals surface area contributed by atoms with Crippen LogP contribution in [0.4, 0.5) is 52.7 Å². The van der Waals surface area contributed by atoms with Crippen LogP contribution >= 0.6 is 0 Å². The molecule has 0 radical (unpaired) electrons. The Bertz CT molecular complexity index is 1640. The lowest BCUT2D eigenvalue weighted by atomic mass is 10.1. The maximum Gasteiger partial charge on any atom is 0.344 e. The molecular formula is C36H42F12O10. The third kappa shape index (κ3) is 24.4. The van der Waals surface area contributed by atoms with Gasteiger partial charge >= 0.3 is 41.7 Å². The summed E-state index contributed by atoms with van der Waals surface area (Å²) >= 11 is 0. The van der Waals surface area contributed by atoms with Gasteiger partial charge in [-0.1, -0.05) is 26.3 Å². The molecule has 0 bridgehead atoms. The molecular weight excluding hydrogens is 820 g/mol. The van der Waals surface area contributed by atoms with Gasteiger partial charge in [0, 0.05) is 48.6 Å². The number of ether oxygens (including phenoxy) is 5. The van der Waals surface area contributed by atoms with Crippen molar-refractivity contribution in [2.45, 2.75) is 85.5 Å². The van der Waals surface area contributed by atoms with Crippen LogP contribution < -0.4 is 4.74 Å². The number of rotatable bonds is 15. The van der Waals surface area contributed by atoms with Gasteiger partial charge in [-0.05, 0) is 34.6 Å². The van der Waals surface area contributed by atoms with Gasteiger partial charge in [-0.2, -0.15) is 17.6 Å². The van der Waals surface area contributed by atoms with Gasteiger partial charge in [0.05, 0.1) is 13.0 Å². The molecule has 0 aliphatic rings. The highest BCUT2D eigenvalue weighted by Crippen LogP contribution is 2.36. The number of carbonyl (C=O) groups is 5. The van der Waals surface area contributed by atoms with Crippen LogP contribution in [0.25, 0.3) is 0 Å². The Labute approximate surface area is 325 Å². The third-order valence-electron chi connectivity index (χ3n) is 5.59. The van der Waals surface area contributed by atoms with Crippen molar-refractivity contribution in [3.05, 3.63) is 77.4 Å². The molecule has 0 fully saturated rings. The maximum absolute atomic E-state index is 13.2. The Balaban J connectivity index is -0.000000703. The van der Waals surface area contributed by atoms with Crippen LogP contribution in [-0.2, 0) is 42.9 Å². The lowest BCUT2D eigenvalue weighted by Crippen LogP contribution is -2.38. The van der Waals surface area contributed by atoms with Crippen molar-refractivity contribution in [2.24, 2.45) is 0 Å². The molecule has 0 unspecified atom stereocenters. The Hall–Kier alpha value is -5.31. The number of hydrogen-bond donors (Lipinski definition) is 0. The predicted octanol–water partition coefficient (Wildman–Crippen LogP) is 8.88. The van der Waals surface area contributed by atoms with Crippen molar-refractivity contribution in [2.75, 3.05) is 26.4 Å². The lowest BCUT2D eigenvalue weighted by Gasteiger charge is -2.22. The molecule has 0 aliphatic carbocycles. The van der Waals surface area contributed by atoms with Crippen molar-refractivity contribution in [3.8, 4) is 5.75 Å². The average Bonchev–Trinajstić information content (AvgIpc) is 3.07. The molecule has 0 saturated carbocycles. The second kappa shape index (κ2) is 24.5. The molecule has 1 aromatic carbocycles. The summed E-state index contributed by atoms with van der Waals surface area (Å²) in [6, 6.07) is 0. The molecule has 58 heavy (non-hydrogen) atoms. The summed E-state index contributed by atoms with van der Waals surface area (Å²) in [5.74, 6) is -27.1. The maximum atomic E-state index is 13.2. The van der Waals surface area contributed by atoms with Gasteiger partial charge in [0.15, 0.2) is 31.5 Å². The number of benzene rings is 1. The zero-order chi connectivity index (χ0) is 46.7. The summed E-state index contributed by atoms with van der Waals surface area (Å²) < 4.78 is 172. The summed E-state index contributed by atoms with van der Waals surface area (Å²) in [6.45, 7) is 17.1. The molecule has 1 aromatic rings. The summed E-state index contributed by atoms with van der Waals surface area (Å²) in [6.07, 6.45) is -1.21. The van der Waals surface area contributed by atoms with E-state index in [2.05, 4.69) is 50.0 Å². The highest BCUT2D eigenvalue weighted by Gasteiger charge is 2.51. The monoisotopic (exact) mass is 862 g/mol. The van der Waals surface area contributed by atoms with Crippen LogP contribution in [-0.4, -0.2) is 80.0 Å². The van der Waals surface area contributed by atoms with Crippen LogP contribution in [0.5, 0.6) is 5.75 Å². The SMILES string of the molecule is C=C(C)C(=O)OCC(=O)OCC(C)(F)F.C=C(C)C(=O)OCC(C)(F)F.C=C(C)C(=O)OCCC(F)(F)C(C)(F)F.C=C(C)C(=O)Oc1c(F)c(F)c(C)c(F)c1F. The van der Waals surface area contributed by atoms with E-state index < -0.39 is 121 Å². The molecule has 1 rings (SSSR count). The fraction of sp³-hybridized carbons (Fsp3) is 0.472. The van der Waals surface area contributed by atoms with Crippen molar-refractivity contribution in [1.82, 2.24) is 0 Å². The van der Waals surface area contributed by atoms with E-state index in [0.717, 1.165) is 6.92 Å².